The molecule has 0 saturated carbocycles. The van der Waals surface area contributed by atoms with Crippen LogP contribution >= 0.6 is 23.2 Å². The van der Waals surface area contributed by atoms with Crippen molar-refractivity contribution in [3.63, 3.8) is 0 Å². The van der Waals surface area contributed by atoms with Gasteiger partial charge in [-0.15, -0.1) is 0 Å². The number of nitro groups is 1. The van der Waals surface area contributed by atoms with Crippen LogP contribution in [0.2, 0.25) is 10.0 Å². The zero-order valence-corrected chi connectivity index (χ0v) is 14.0. The number of hydrogen-bond donors (Lipinski definition) is 1. The number of nitrogens with zero attached hydrogens (tertiary/aromatic N) is 1. The highest BCUT2D eigenvalue weighted by Gasteiger charge is 2.20. The van der Waals surface area contributed by atoms with Crippen LogP contribution in [0.15, 0.2) is 36.4 Å². The van der Waals surface area contributed by atoms with Gasteiger partial charge in [-0.2, -0.15) is 0 Å². The molecule has 2 aromatic carbocycles. The molecule has 0 radical (unpaired) electrons. The summed E-state index contributed by atoms with van der Waals surface area (Å²) in [5.41, 5.74) is 1.21. The van der Waals surface area contributed by atoms with Gasteiger partial charge in [0, 0.05) is 27.2 Å². The lowest BCUT2D eigenvalue weighted by atomic mass is 10.0. The minimum atomic E-state index is -0.508. The lowest BCUT2D eigenvalue weighted by Crippen LogP contribution is -2.27. The Morgan fingerprint density at radius 2 is 1.96 bits per heavy atom. The fourth-order valence-electron chi connectivity index (χ4n) is 2.27. The van der Waals surface area contributed by atoms with Crippen LogP contribution in [0.25, 0.3) is 0 Å². The summed E-state index contributed by atoms with van der Waals surface area (Å²) in [7, 11) is 0. The molecule has 0 saturated heterocycles. The highest BCUT2D eigenvalue weighted by atomic mass is 35.5. The zero-order chi connectivity index (χ0) is 17.1. The molecule has 0 bridgehead atoms. The number of carbonyl (C=O) groups is 1. The standard InChI is InChI=1S/C16H14Cl2N2O3/c1-9-12(4-3-5-15(9)20(22)23)16(21)19-10(2)13-7-6-11(17)8-14(13)18/h3-8,10H,1-2H3,(H,19,21). The topological polar surface area (TPSA) is 72.2 Å². The fraction of sp³-hybridized carbons (Fsp3) is 0.188. The monoisotopic (exact) mass is 352 g/mol. The fourth-order valence-corrected chi connectivity index (χ4v) is 2.84. The minimum absolute atomic E-state index is 0.0881. The number of nitrogens with one attached hydrogen (secondary N) is 1. The van der Waals surface area contributed by atoms with E-state index in [1.165, 1.54) is 12.1 Å². The number of nitro benzene ring substituents is 1. The number of amides is 1. The first-order chi connectivity index (χ1) is 10.8. The average Bonchev–Trinajstić information content (AvgIpc) is 2.46. The van der Waals surface area contributed by atoms with Crippen LogP contribution in [-0.4, -0.2) is 10.8 Å². The lowest BCUT2D eigenvalue weighted by molar-refractivity contribution is -0.385. The van der Waals surface area contributed by atoms with Crippen molar-refractivity contribution in [2.45, 2.75) is 19.9 Å². The number of carbonyl (C=O) groups excluding carboxylic acids is 1. The summed E-state index contributed by atoms with van der Waals surface area (Å²) in [5.74, 6) is -0.398. The van der Waals surface area contributed by atoms with Crippen LogP contribution in [0, 0.1) is 17.0 Å². The molecule has 23 heavy (non-hydrogen) atoms. The Bertz CT molecular complexity index is 778. The molecule has 2 aromatic rings. The van der Waals surface area contributed by atoms with Crippen molar-refractivity contribution in [3.05, 3.63) is 73.2 Å². The molecular formula is C16H14Cl2N2O3. The van der Waals surface area contributed by atoms with Gasteiger partial charge in [0.25, 0.3) is 11.6 Å². The van der Waals surface area contributed by atoms with E-state index in [-0.39, 0.29) is 17.3 Å². The van der Waals surface area contributed by atoms with E-state index in [0.29, 0.717) is 21.2 Å². The van der Waals surface area contributed by atoms with Gasteiger partial charge in [0.1, 0.15) is 0 Å². The van der Waals surface area contributed by atoms with Crippen LogP contribution in [0.3, 0.4) is 0 Å². The summed E-state index contributed by atoms with van der Waals surface area (Å²) < 4.78 is 0. The SMILES string of the molecule is Cc1c(C(=O)NC(C)c2ccc(Cl)cc2Cl)cccc1[N+](=O)[O-]. The van der Waals surface area contributed by atoms with Gasteiger partial charge in [-0.1, -0.05) is 35.3 Å². The maximum Gasteiger partial charge on any atom is 0.273 e. The first-order valence-electron chi connectivity index (χ1n) is 6.81. The summed E-state index contributed by atoms with van der Waals surface area (Å²) in [6.45, 7) is 3.33. The average molecular weight is 353 g/mol. The molecule has 0 aliphatic carbocycles. The van der Waals surface area contributed by atoms with Crippen LogP contribution in [-0.2, 0) is 0 Å². The Morgan fingerprint density at radius 1 is 1.26 bits per heavy atom. The second kappa shape index (κ2) is 6.98. The van der Waals surface area contributed by atoms with E-state index in [0.717, 1.165) is 0 Å². The predicted molar refractivity (Wildman–Crippen MR) is 90.2 cm³/mol. The van der Waals surface area contributed by atoms with Gasteiger partial charge in [-0.25, -0.2) is 0 Å². The Balaban J connectivity index is 2.25. The molecular weight excluding hydrogens is 339 g/mol. The van der Waals surface area contributed by atoms with E-state index in [2.05, 4.69) is 5.32 Å². The highest BCUT2D eigenvalue weighted by Crippen LogP contribution is 2.27. The molecule has 120 valence electrons. The van der Waals surface area contributed by atoms with Gasteiger partial charge in [0.15, 0.2) is 0 Å². The molecule has 0 aliphatic rings. The number of hydrogen-bond acceptors (Lipinski definition) is 3. The van der Waals surface area contributed by atoms with Gasteiger partial charge >= 0.3 is 0 Å². The normalized spacial score (nSPS) is 11.8. The molecule has 7 heteroatoms. The van der Waals surface area contributed by atoms with Crippen molar-refractivity contribution >= 4 is 34.8 Å². The second-order valence-corrected chi connectivity index (χ2v) is 5.91. The molecule has 1 atom stereocenters. The molecule has 1 amide bonds. The summed E-state index contributed by atoms with van der Waals surface area (Å²) in [6.07, 6.45) is 0. The molecule has 0 spiro atoms. The van der Waals surface area contributed by atoms with Crippen LogP contribution < -0.4 is 5.32 Å². The van der Waals surface area contributed by atoms with Crippen LogP contribution in [0.5, 0.6) is 0 Å². The smallest absolute Gasteiger partial charge is 0.273 e. The van der Waals surface area contributed by atoms with E-state index < -0.39 is 10.8 Å². The van der Waals surface area contributed by atoms with Crippen molar-refractivity contribution in [2.24, 2.45) is 0 Å². The summed E-state index contributed by atoms with van der Waals surface area (Å²) in [4.78, 5) is 22.9. The molecule has 0 aliphatic heterocycles. The zero-order valence-electron chi connectivity index (χ0n) is 12.5. The third kappa shape index (κ3) is 3.81. The van der Waals surface area contributed by atoms with Crippen molar-refractivity contribution in [1.29, 1.82) is 0 Å². The third-order valence-electron chi connectivity index (χ3n) is 3.52. The molecule has 0 fully saturated rings. The maximum atomic E-state index is 12.4. The molecule has 1 unspecified atom stereocenters. The summed E-state index contributed by atoms with van der Waals surface area (Å²) in [6, 6.07) is 9.05. The van der Waals surface area contributed by atoms with E-state index >= 15 is 0 Å². The quantitative estimate of drug-likeness (QED) is 0.640. The van der Waals surface area contributed by atoms with Gasteiger partial charge in [0.2, 0.25) is 0 Å². The van der Waals surface area contributed by atoms with E-state index in [4.69, 9.17) is 23.2 Å². The molecule has 0 aromatic heterocycles. The molecule has 2 rings (SSSR count). The van der Waals surface area contributed by atoms with Crippen molar-refractivity contribution < 1.29 is 9.72 Å². The number of benzene rings is 2. The molecule has 1 N–H and O–H groups in total. The molecule has 0 heterocycles. The second-order valence-electron chi connectivity index (χ2n) is 5.07. The number of halogens is 2. The van der Waals surface area contributed by atoms with E-state index in [9.17, 15) is 14.9 Å². The Morgan fingerprint density at radius 3 is 2.57 bits per heavy atom. The van der Waals surface area contributed by atoms with Crippen molar-refractivity contribution in [2.75, 3.05) is 0 Å². The predicted octanol–water partition coefficient (Wildman–Crippen LogP) is 4.70. The van der Waals surface area contributed by atoms with Crippen LogP contribution in [0.4, 0.5) is 5.69 Å². The highest BCUT2D eigenvalue weighted by molar-refractivity contribution is 6.35. The van der Waals surface area contributed by atoms with Crippen molar-refractivity contribution in [1.82, 2.24) is 5.32 Å². The molecule has 5 nitrogen and oxygen atoms in total. The lowest BCUT2D eigenvalue weighted by Gasteiger charge is -2.16. The van der Waals surface area contributed by atoms with Gasteiger partial charge in [-0.3, -0.25) is 14.9 Å². The van der Waals surface area contributed by atoms with Gasteiger partial charge in [-0.05, 0) is 37.6 Å². The number of rotatable bonds is 4. The first-order valence-corrected chi connectivity index (χ1v) is 7.56. The Labute approximate surface area is 143 Å². The summed E-state index contributed by atoms with van der Waals surface area (Å²) in [5, 5.41) is 14.7. The van der Waals surface area contributed by atoms with E-state index in [1.54, 1.807) is 38.1 Å². The minimum Gasteiger partial charge on any atom is -0.345 e. The summed E-state index contributed by atoms with van der Waals surface area (Å²) >= 11 is 12.0. The maximum absolute atomic E-state index is 12.4. The van der Waals surface area contributed by atoms with Gasteiger partial charge < -0.3 is 5.32 Å². The Hall–Kier alpha value is -2.11. The van der Waals surface area contributed by atoms with Crippen molar-refractivity contribution in [3.8, 4) is 0 Å². The third-order valence-corrected chi connectivity index (χ3v) is 4.09. The van der Waals surface area contributed by atoms with Gasteiger partial charge in [0.05, 0.1) is 11.0 Å². The first kappa shape index (κ1) is 17.2. The Kier molecular flexibility index (Phi) is 5.23. The van der Waals surface area contributed by atoms with Crippen LogP contribution in [0.1, 0.15) is 34.5 Å². The van der Waals surface area contributed by atoms with E-state index in [1.807, 2.05) is 0 Å². The largest absolute Gasteiger partial charge is 0.345 e.